The molecule has 0 fully saturated rings. The maximum absolute atomic E-state index is 8.44. The predicted molar refractivity (Wildman–Crippen MR) is 57.7 cm³/mol. The molecule has 14 heavy (non-hydrogen) atoms. The van der Waals surface area contributed by atoms with Crippen LogP contribution in [0.15, 0.2) is 30.3 Å². The van der Waals surface area contributed by atoms with Gasteiger partial charge in [0, 0.05) is 18.5 Å². The summed E-state index contributed by atoms with van der Waals surface area (Å²) in [6.45, 7) is 4.98. The van der Waals surface area contributed by atoms with Gasteiger partial charge in [0.15, 0.2) is 0 Å². The van der Waals surface area contributed by atoms with Gasteiger partial charge in [-0.15, -0.1) is 0 Å². The van der Waals surface area contributed by atoms with Crippen molar-refractivity contribution in [1.82, 2.24) is 5.32 Å². The first-order chi connectivity index (χ1) is 6.67. The minimum atomic E-state index is -0.0574. The van der Waals surface area contributed by atoms with Crippen LogP contribution < -0.4 is 5.32 Å². The van der Waals surface area contributed by atoms with Gasteiger partial charge in [0.1, 0.15) is 0 Å². The van der Waals surface area contributed by atoms with E-state index in [1.807, 2.05) is 18.2 Å². The van der Waals surface area contributed by atoms with Crippen molar-refractivity contribution in [3.8, 4) is 6.07 Å². The number of benzene rings is 1. The highest BCUT2D eigenvalue weighted by Crippen LogP contribution is 2.18. The Morgan fingerprint density at radius 2 is 1.93 bits per heavy atom. The van der Waals surface area contributed by atoms with Crippen molar-refractivity contribution in [2.75, 3.05) is 6.54 Å². The second-order valence-electron chi connectivity index (χ2n) is 3.83. The number of nitriles is 1. The molecule has 0 saturated heterocycles. The molecule has 1 rings (SSSR count). The van der Waals surface area contributed by atoms with Crippen LogP contribution >= 0.6 is 0 Å². The Labute approximate surface area is 85.6 Å². The van der Waals surface area contributed by atoms with Crippen LogP contribution in [0.4, 0.5) is 0 Å². The zero-order chi connectivity index (χ0) is 10.4. The van der Waals surface area contributed by atoms with E-state index in [1.54, 1.807) is 0 Å². The fourth-order valence-electron chi connectivity index (χ4n) is 1.39. The third-order valence-corrected chi connectivity index (χ3v) is 2.30. The van der Waals surface area contributed by atoms with Gasteiger partial charge in [0.25, 0.3) is 0 Å². The van der Waals surface area contributed by atoms with Gasteiger partial charge >= 0.3 is 0 Å². The molecule has 1 N–H and O–H groups in total. The number of hydrogen-bond donors (Lipinski definition) is 1. The molecule has 2 nitrogen and oxygen atoms in total. The summed E-state index contributed by atoms with van der Waals surface area (Å²) >= 11 is 0. The Kier molecular flexibility index (Phi) is 3.67. The minimum Gasteiger partial charge on any atom is -0.307 e. The van der Waals surface area contributed by atoms with Crippen molar-refractivity contribution >= 4 is 0 Å². The molecule has 0 heterocycles. The zero-order valence-electron chi connectivity index (χ0n) is 8.75. The van der Waals surface area contributed by atoms with Gasteiger partial charge in [-0.1, -0.05) is 30.3 Å². The van der Waals surface area contributed by atoms with E-state index in [9.17, 15) is 0 Å². The first-order valence-corrected chi connectivity index (χ1v) is 4.84. The number of nitrogens with one attached hydrogen (secondary N) is 1. The largest absolute Gasteiger partial charge is 0.307 e. The van der Waals surface area contributed by atoms with Crippen LogP contribution in [-0.4, -0.2) is 6.54 Å². The molecule has 0 unspecified atom stereocenters. The highest BCUT2D eigenvalue weighted by molar-refractivity contribution is 5.22. The van der Waals surface area contributed by atoms with E-state index in [-0.39, 0.29) is 5.54 Å². The van der Waals surface area contributed by atoms with E-state index in [0.29, 0.717) is 6.42 Å². The molecule has 0 saturated carbocycles. The lowest BCUT2D eigenvalue weighted by molar-refractivity contribution is 0.409. The first kappa shape index (κ1) is 10.7. The van der Waals surface area contributed by atoms with Crippen LogP contribution in [0.25, 0.3) is 0 Å². The Hall–Kier alpha value is -1.33. The summed E-state index contributed by atoms with van der Waals surface area (Å²) in [7, 11) is 0. The van der Waals surface area contributed by atoms with Gasteiger partial charge in [0.2, 0.25) is 0 Å². The standard InChI is InChI=1S/C12H16N2/c1-12(2,14-10-6-9-13)11-7-4-3-5-8-11/h3-5,7-8,14H,6,10H2,1-2H3. The van der Waals surface area contributed by atoms with Crippen molar-refractivity contribution in [3.63, 3.8) is 0 Å². The van der Waals surface area contributed by atoms with Crippen LogP contribution in [0.5, 0.6) is 0 Å². The predicted octanol–water partition coefficient (Wildman–Crippen LogP) is 2.42. The number of nitrogens with zero attached hydrogens (tertiary/aromatic N) is 1. The van der Waals surface area contributed by atoms with E-state index in [0.717, 1.165) is 6.54 Å². The van der Waals surface area contributed by atoms with Gasteiger partial charge in [-0.3, -0.25) is 0 Å². The second-order valence-corrected chi connectivity index (χ2v) is 3.83. The van der Waals surface area contributed by atoms with Crippen molar-refractivity contribution in [3.05, 3.63) is 35.9 Å². The van der Waals surface area contributed by atoms with E-state index in [2.05, 4.69) is 37.4 Å². The quantitative estimate of drug-likeness (QED) is 0.736. The SMILES string of the molecule is CC(C)(NCCC#N)c1ccccc1. The molecule has 0 aliphatic heterocycles. The second kappa shape index (κ2) is 4.78. The summed E-state index contributed by atoms with van der Waals surface area (Å²) in [5.41, 5.74) is 1.19. The number of rotatable bonds is 4. The Morgan fingerprint density at radius 1 is 1.29 bits per heavy atom. The fraction of sp³-hybridized carbons (Fsp3) is 0.417. The molecule has 0 amide bonds. The molecule has 2 heteroatoms. The molecule has 0 aliphatic rings. The summed E-state index contributed by atoms with van der Waals surface area (Å²) in [4.78, 5) is 0. The monoisotopic (exact) mass is 188 g/mol. The Morgan fingerprint density at radius 3 is 2.50 bits per heavy atom. The maximum atomic E-state index is 8.44. The number of hydrogen-bond acceptors (Lipinski definition) is 2. The van der Waals surface area contributed by atoms with Gasteiger partial charge in [-0.05, 0) is 19.4 Å². The molecule has 0 aromatic heterocycles. The Bertz CT molecular complexity index is 309. The van der Waals surface area contributed by atoms with E-state index in [1.165, 1.54) is 5.56 Å². The molecule has 0 aliphatic carbocycles. The molecule has 74 valence electrons. The molecule has 1 aromatic carbocycles. The highest BCUT2D eigenvalue weighted by Gasteiger charge is 2.18. The lowest BCUT2D eigenvalue weighted by Gasteiger charge is -2.26. The van der Waals surface area contributed by atoms with Crippen LogP contribution in [0, 0.1) is 11.3 Å². The summed E-state index contributed by atoms with van der Waals surface area (Å²) in [5, 5.41) is 11.8. The van der Waals surface area contributed by atoms with Crippen molar-refractivity contribution in [2.24, 2.45) is 0 Å². The van der Waals surface area contributed by atoms with Gasteiger partial charge in [-0.25, -0.2) is 0 Å². The summed E-state index contributed by atoms with van der Waals surface area (Å²) < 4.78 is 0. The summed E-state index contributed by atoms with van der Waals surface area (Å²) in [6, 6.07) is 12.4. The third-order valence-electron chi connectivity index (χ3n) is 2.30. The van der Waals surface area contributed by atoms with E-state index >= 15 is 0 Å². The van der Waals surface area contributed by atoms with E-state index < -0.39 is 0 Å². The molecular weight excluding hydrogens is 172 g/mol. The molecule has 0 radical (unpaired) electrons. The Balaban J connectivity index is 2.62. The van der Waals surface area contributed by atoms with Crippen LogP contribution in [-0.2, 0) is 5.54 Å². The summed E-state index contributed by atoms with van der Waals surface area (Å²) in [5.74, 6) is 0. The van der Waals surface area contributed by atoms with Crippen LogP contribution in [0.3, 0.4) is 0 Å². The normalized spacial score (nSPS) is 10.9. The molecular formula is C12H16N2. The maximum Gasteiger partial charge on any atom is 0.0635 e. The van der Waals surface area contributed by atoms with Crippen LogP contribution in [0.2, 0.25) is 0 Å². The topological polar surface area (TPSA) is 35.8 Å². The highest BCUT2D eigenvalue weighted by atomic mass is 14.9. The third kappa shape index (κ3) is 2.86. The van der Waals surface area contributed by atoms with Gasteiger partial charge in [0.05, 0.1) is 6.07 Å². The summed E-state index contributed by atoms with van der Waals surface area (Å²) in [6.07, 6.45) is 0.552. The average molecular weight is 188 g/mol. The van der Waals surface area contributed by atoms with Crippen molar-refractivity contribution in [2.45, 2.75) is 25.8 Å². The molecule has 1 aromatic rings. The van der Waals surface area contributed by atoms with Crippen molar-refractivity contribution in [1.29, 1.82) is 5.26 Å². The van der Waals surface area contributed by atoms with Crippen molar-refractivity contribution < 1.29 is 0 Å². The first-order valence-electron chi connectivity index (χ1n) is 4.84. The lowest BCUT2D eigenvalue weighted by atomic mass is 9.94. The van der Waals surface area contributed by atoms with E-state index in [4.69, 9.17) is 5.26 Å². The molecule has 0 spiro atoms. The molecule has 0 atom stereocenters. The van der Waals surface area contributed by atoms with Crippen LogP contribution in [0.1, 0.15) is 25.8 Å². The van der Waals surface area contributed by atoms with Gasteiger partial charge in [-0.2, -0.15) is 5.26 Å². The smallest absolute Gasteiger partial charge is 0.0635 e. The fourth-order valence-corrected chi connectivity index (χ4v) is 1.39. The average Bonchev–Trinajstić information content (AvgIpc) is 2.19. The molecule has 0 bridgehead atoms. The zero-order valence-corrected chi connectivity index (χ0v) is 8.75. The lowest BCUT2D eigenvalue weighted by Crippen LogP contribution is -2.36. The van der Waals surface area contributed by atoms with Gasteiger partial charge < -0.3 is 5.32 Å². The minimum absolute atomic E-state index is 0.0574.